The third-order valence-corrected chi connectivity index (χ3v) is 4.99. The number of amides is 1. The molecule has 28 heavy (non-hydrogen) atoms. The third-order valence-electron chi connectivity index (χ3n) is 4.99. The predicted octanol–water partition coefficient (Wildman–Crippen LogP) is 4.85. The van der Waals surface area contributed by atoms with Crippen LogP contribution < -0.4 is 10.2 Å². The van der Waals surface area contributed by atoms with Crippen molar-refractivity contribution in [1.29, 1.82) is 0 Å². The first-order valence-corrected chi connectivity index (χ1v) is 9.15. The average molecular weight is 392 g/mol. The average Bonchev–Trinajstić information content (AvgIpc) is 2.67. The van der Waals surface area contributed by atoms with Crippen LogP contribution >= 0.6 is 0 Å². The van der Waals surface area contributed by atoms with E-state index in [1.54, 1.807) is 19.2 Å². The molecule has 4 nitrogen and oxygen atoms in total. The van der Waals surface area contributed by atoms with Gasteiger partial charge in [-0.25, -0.2) is 0 Å². The summed E-state index contributed by atoms with van der Waals surface area (Å²) < 4.78 is 42.7. The van der Waals surface area contributed by atoms with E-state index in [1.165, 1.54) is 6.07 Å². The fraction of sp³-hybridized carbons (Fsp3) is 0.381. The first kappa shape index (κ1) is 20.2. The van der Waals surface area contributed by atoms with Gasteiger partial charge in [0.15, 0.2) is 0 Å². The first-order valence-electron chi connectivity index (χ1n) is 9.15. The van der Waals surface area contributed by atoms with Gasteiger partial charge in [0.2, 0.25) is 0 Å². The summed E-state index contributed by atoms with van der Waals surface area (Å²) in [5.41, 5.74) is 4.35. The van der Waals surface area contributed by atoms with E-state index in [9.17, 15) is 18.0 Å². The summed E-state index contributed by atoms with van der Waals surface area (Å²) >= 11 is 0. The summed E-state index contributed by atoms with van der Waals surface area (Å²) in [7, 11) is 1.68. The van der Waals surface area contributed by atoms with Crippen LogP contribution in [0.1, 0.15) is 36.1 Å². The second-order valence-corrected chi connectivity index (χ2v) is 6.94. The number of halogens is 3. The molecule has 1 amide bonds. The van der Waals surface area contributed by atoms with E-state index in [4.69, 9.17) is 4.74 Å². The molecule has 1 heterocycles. The lowest BCUT2D eigenvalue weighted by atomic mass is 10.00. The van der Waals surface area contributed by atoms with E-state index in [0.29, 0.717) is 6.54 Å². The van der Waals surface area contributed by atoms with Gasteiger partial charge in [-0.1, -0.05) is 24.3 Å². The van der Waals surface area contributed by atoms with Crippen LogP contribution in [-0.4, -0.2) is 25.7 Å². The van der Waals surface area contributed by atoms with Gasteiger partial charge in [-0.2, -0.15) is 13.2 Å². The maximum Gasteiger partial charge on any atom is 0.471 e. The van der Waals surface area contributed by atoms with Crippen LogP contribution in [0.25, 0.3) is 0 Å². The van der Waals surface area contributed by atoms with Crippen LogP contribution in [0.2, 0.25) is 0 Å². The summed E-state index contributed by atoms with van der Waals surface area (Å²) in [6.07, 6.45) is -3.18. The van der Waals surface area contributed by atoms with Crippen molar-refractivity contribution in [2.24, 2.45) is 0 Å². The number of nitrogens with one attached hydrogen (secondary N) is 1. The zero-order valence-corrected chi connectivity index (χ0v) is 15.8. The zero-order chi connectivity index (χ0) is 20.3. The van der Waals surface area contributed by atoms with Crippen LogP contribution in [0.4, 0.5) is 24.5 Å². The molecule has 1 aliphatic heterocycles. The van der Waals surface area contributed by atoms with Crippen molar-refractivity contribution in [3.8, 4) is 0 Å². The van der Waals surface area contributed by atoms with Crippen molar-refractivity contribution < 1.29 is 22.7 Å². The summed E-state index contributed by atoms with van der Waals surface area (Å²) in [5.74, 6) is -1.95. The van der Waals surface area contributed by atoms with E-state index in [2.05, 4.69) is 17.0 Å². The number of rotatable bonds is 5. The number of alkyl halides is 3. The Kier molecular flexibility index (Phi) is 5.93. The Balaban J connectivity index is 1.73. The topological polar surface area (TPSA) is 41.6 Å². The van der Waals surface area contributed by atoms with Gasteiger partial charge in [0.1, 0.15) is 0 Å². The SMILES string of the molecule is COC(C)c1ccc(CN2CCCc3cc(NC(=O)C(F)(F)F)ccc32)cc1. The van der Waals surface area contributed by atoms with Gasteiger partial charge in [0.05, 0.1) is 6.10 Å². The van der Waals surface area contributed by atoms with Crippen LogP contribution in [0.15, 0.2) is 42.5 Å². The lowest BCUT2D eigenvalue weighted by Crippen LogP contribution is -2.31. The Morgan fingerprint density at radius 1 is 1.21 bits per heavy atom. The number of ether oxygens (including phenoxy) is 1. The molecule has 0 aliphatic carbocycles. The number of methoxy groups -OCH3 is 1. The summed E-state index contributed by atoms with van der Waals surface area (Å²) in [4.78, 5) is 13.4. The number of carbonyl (C=O) groups is 1. The molecule has 2 aromatic carbocycles. The summed E-state index contributed by atoms with van der Waals surface area (Å²) in [6, 6.07) is 13.2. The second kappa shape index (κ2) is 8.22. The van der Waals surface area contributed by atoms with Crippen LogP contribution in [0.5, 0.6) is 0 Å². The maximum atomic E-state index is 12.5. The molecule has 0 bridgehead atoms. The monoisotopic (exact) mass is 392 g/mol. The van der Waals surface area contributed by atoms with Crippen LogP contribution in [0.3, 0.4) is 0 Å². The zero-order valence-electron chi connectivity index (χ0n) is 15.8. The molecular formula is C21H23F3N2O2. The Morgan fingerprint density at radius 2 is 1.93 bits per heavy atom. The lowest BCUT2D eigenvalue weighted by Gasteiger charge is -2.32. The molecule has 0 saturated carbocycles. The molecule has 1 unspecified atom stereocenters. The molecule has 2 aromatic rings. The van der Waals surface area contributed by atoms with Crippen molar-refractivity contribution in [2.45, 2.75) is 38.6 Å². The molecule has 0 radical (unpaired) electrons. The highest BCUT2D eigenvalue weighted by Gasteiger charge is 2.38. The van der Waals surface area contributed by atoms with Crippen molar-refractivity contribution in [2.75, 3.05) is 23.9 Å². The predicted molar refractivity (Wildman–Crippen MR) is 102 cm³/mol. The van der Waals surface area contributed by atoms with E-state index in [0.717, 1.165) is 41.8 Å². The lowest BCUT2D eigenvalue weighted by molar-refractivity contribution is -0.167. The standard InChI is InChI=1S/C21H23F3N2O2/c1-14(28-2)16-7-5-15(6-8-16)13-26-11-3-4-17-12-18(9-10-19(17)26)25-20(27)21(22,23)24/h5-10,12,14H,3-4,11,13H2,1-2H3,(H,25,27). The van der Waals surface area contributed by atoms with Crippen molar-refractivity contribution in [1.82, 2.24) is 0 Å². The Hall–Kier alpha value is -2.54. The molecule has 1 N–H and O–H groups in total. The van der Waals surface area contributed by atoms with Gasteiger partial charge in [0, 0.05) is 31.6 Å². The molecule has 0 fully saturated rings. The van der Waals surface area contributed by atoms with Gasteiger partial charge in [-0.3, -0.25) is 4.79 Å². The van der Waals surface area contributed by atoms with Gasteiger partial charge >= 0.3 is 12.1 Å². The fourth-order valence-corrected chi connectivity index (χ4v) is 3.37. The molecule has 0 saturated heterocycles. The van der Waals surface area contributed by atoms with E-state index in [1.807, 2.05) is 24.4 Å². The highest BCUT2D eigenvalue weighted by Crippen LogP contribution is 2.31. The number of hydrogen-bond acceptors (Lipinski definition) is 3. The van der Waals surface area contributed by atoms with Gasteiger partial charge in [-0.15, -0.1) is 0 Å². The van der Waals surface area contributed by atoms with E-state index in [-0.39, 0.29) is 11.8 Å². The number of anilines is 2. The number of benzene rings is 2. The molecule has 0 aromatic heterocycles. The van der Waals surface area contributed by atoms with Crippen molar-refractivity contribution >= 4 is 17.3 Å². The Labute approximate surface area is 162 Å². The van der Waals surface area contributed by atoms with Crippen LogP contribution in [-0.2, 0) is 22.5 Å². The molecule has 7 heteroatoms. The molecule has 1 aliphatic rings. The third kappa shape index (κ3) is 4.65. The van der Waals surface area contributed by atoms with E-state index < -0.39 is 12.1 Å². The molecule has 150 valence electrons. The second-order valence-electron chi connectivity index (χ2n) is 6.94. The van der Waals surface area contributed by atoms with Gasteiger partial charge < -0.3 is 15.0 Å². The Bertz CT molecular complexity index is 835. The minimum Gasteiger partial charge on any atom is -0.377 e. The molecule has 1 atom stereocenters. The number of carbonyl (C=O) groups excluding carboxylic acids is 1. The van der Waals surface area contributed by atoms with Crippen LogP contribution in [0, 0.1) is 0 Å². The van der Waals surface area contributed by atoms with Crippen molar-refractivity contribution in [3.05, 3.63) is 59.2 Å². The van der Waals surface area contributed by atoms with Gasteiger partial charge in [0.25, 0.3) is 0 Å². The number of nitrogens with zero attached hydrogens (tertiary/aromatic N) is 1. The molecular weight excluding hydrogens is 369 g/mol. The minimum atomic E-state index is -4.89. The molecule has 0 spiro atoms. The normalized spacial score (nSPS) is 15.1. The van der Waals surface area contributed by atoms with E-state index >= 15 is 0 Å². The molecule has 3 rings (SSSR count). The fourth-order valence-electron chi connectivity index (χ4n) is 3.37. The summed E-state index contributed by atoms with van der Waals surface area (Å²) in [5, 5.41) is 1.92. The Morgan fingerprint density at radius 3 is 2.57 bits per heavy atom. The minimum absolute atomic E-state index is 0.0371. The highest BCUT2D eigenvalue weighted by molar-refractivity contribution is 5.95. The van der Waals surface area contributed by atoms with Crippen molar-refractivity contribution in [3.63, 3.8) is 0 Å². The maximum absolute atomic E-state index is 12.5. The largest absolute Gasteiger partial charge is 0.471 e. The summed E-state index contributed by atoms with van der Waals surface area (Å²) in [6.45, 7) is 3.57. The smallest absolute Gasteiger partial charge is 0.377 e. The highest BCUT2D eigenvalue weighted by atomic mass is 19.4. The first-order chi connectivity index (χ1) is 13.3. The quantitative estimate of drug-likeness (QED) is 0.791. The van der Waals surface area contributed by atoms with Gasteiger partial charge in [-0.05, 0) is 54.7 Å². The number of aryl methyl sites for hydroxylation is 1. The number of hydrogen-bond donors (Lipinski definition) is 1. The number of fused-ring (bicyclic) bond motifs is 1.